The van der Waals surface area contributed by atoms with E-state index in [4.69, 9.17) is 21.6 Å². The molecule has 0 spiro atoms. The second-order valence-electron chi connectivity index (χ2n) is 6.16. The highest BCUT2D eigenvalue weighted by Gasteiger charge is 2.48. The molecule has 2 atom stereocenters. The first kappa shape index (κ1) is 16.0. The molecule has 122 valence electrons. The number of anilines is 1. The van der Waals surface area contributed by atoms with Crippen molar-refractivity contribution in [3.05, 3.63) is 22.6 Å². The van der Waals surface area contributed by atoms with Gasteiger partial charge in [-0.2, -0.15) is 5.26 Å². The molecule has 3 aliphatic rings. The van der Waals surface area contributed by atoms with E-state index in [1.807, 2.05) is 0 Å². The van der Waals surface area contributed by atoms with Crippen LogP contribution in [-0.2, 0) is 9.53 Å². The molecule has 0 radical (unpaired) electrons. The van der Waals surface area contributed by atoms with Gasteiger partial charge in [-0.3, -0.25) is 4.79 Å². The molecule has 23 heavy (non-hydrogen) atoms. The number of carbonyl (C=O) groups excluding carboxylic acids is 1. The fraction of sp³-hybridized carbons (Fsp3) is 0.562. The van der Waals surface area contributed by atoms with Crippen LogP contribution in [0.1, 0.15) is 31.2 Å². The van der Waals surface area contributed by atoms with E-state index in [2.05, 4.69) is 10.3 Å². The van der Waals surface area contributed by atoms with Crippen LogP contribution in [0, 0.1) is 34.9 Å². The lowest BCUT2D eigenvalue weighted by Crippen LogP contribution is -2.52. The number of hydrogen-bond donors (Lipinski definition) is 1. The number of methoxy groups -OCH3 is 1. The number of nitrogens with zero attached hydrogens (tertiary/aromatic N) is 2. The largest absolute Gasteiger partial charge is 0.469 e. The van der Waals surface area contributed by atoms with Crippen LogP contribution < -0.4 is 5.32 Å². The third kappa shape index (κ3) is 2.86. The Morgan fingerprint density at radius 1 is 1.43 bits per heavy atom. The Morgan fingerprint density at radius 2 is 2.09 bits per heavy atom. The molecule has 3 saturated carbocycles. The standard InChI is InChI=1S/C16H17ClFN3O2/c1-23-16(22)12-8-2-4-9(5-3-8)13(12)20-15-11(18)6-10(7-19)14(17)21-15/h6,8-9,12-13H,2-5H2,1H3,(H,20,21)/t8?,9?,12-,13-/m1/s1. The summed E-state index contributed by atoms with van der Waals surface area (Å²) in [6.07, 6.45) is 3.99. The zero-order chi connectivity index (χ0) is 16.6. The Labute approximate surface area is 138 Å². The lowest BCUT2D eigenvalue weighted by atomic mass is 9.61. The Hall–Kier alpha value is -1.87. The molecule has 0 aromatic carbocycles. The second-order valence-corrected chi connectivity index (χ2v) is 6.52. The summed E-state index contributed by atoms with van der Waals surface area (Å²) >= 11 is 5.89. The van der Waals surface area contributed by atoms with E-state index < -0.39 is 5.82 Å². The highest BCUT2D eigenvalue weighted by Crippen LogP contribution is 2.46. The fourth-order valence-corrected chi connectivity index (χ4v) is 4.12. The average Bonchev–Trinajstić information content (AvgIpc) is 2.58. The van der Waals surface area contributed by atoms with Gasteiger partial charge in [-0.15, -0.1) is 0 Å². The van der Waals surface area contributed by atoms with Gasteiger partial charge >= 0.3 is 5.97 Å². The number of fused-ring (bicyclic) bond motifs is 3. The maximum atomic E-state index is 14.2. The van der Waals surface area contributed by atoms with E-state index >= 15 is 0 Å². The van der Waals surface area contributed by atoms with Crippen LogP contribution in [0.25, 0.3) is 0 Å². The minimum atomic E-state index is -0.643. The molecule has 1 aromatic rings. The lowest BCUT2D eigenvalue weighted by molar-refractivity contribution is -0.152. The van der Waals surface area contributed by atoms with Crippen molar-refractivity contribution in [1.29, 1.82) is 5.26 Å². The van der Waals surface area contributed by atoms with E-state index in [9.17, 15) is 9.18 Å². The van der Waals surface area contributed by atoms with Gasteiger partial charge in [0.15, 0.2) is 11.6 Å². The Balaban J connectivity index is 1.90. The summed E-state index contributed by atoms with van der Waals surface area (Å²) < 4.78 is 19.1. The number of rotatable bonds is 3. The van der Waals surface area contributed by atoms with Crippen molar-refractivity contribution in [1.82, 2.24) is 4.98 Å². The molecule has 3 fully saturated rings. The van der Waals surface area contributed by atoms with Crippen LogP contribution in [0.5, 0.6) is 0 Å². The van der Waals surface area contributed by atoms with Crippen LogP contribution in [-0.4, -0.2) is 24.1 Å². The summed E-state index contributed by atoms with van der Waals surface area (Å²) in [6.45, 7) is 0. The molecule has 1 heterocycles. The highest BCUT2D eigenvalue weighted by atomic mass is 35.5. The van der Waals surface area contributed by atoms with Gasteiger partial charge in [0.1, 0.15) is 11.2 Å². The Bertz CT molecular complexity index is 668. The maximum Gasteiger partial charge on any atom is 0.311 e. The van der Waals surface area contributed by atoms with Crippen molar-refractivity contribution in [3.63, 3.8) is 0 Å². The van der Waals surface area contributed by atoms with E-state index in [0.717, 1.165) is 31.7 Å². The lowest BCUT2D eigenvalue weighted by Gasteiger charge is -2.47. The Kier molecular flexibility index (Phi) is 4.40. The summed E-state index contributed by atoms with van der Waals surface area (Å²) in [5.41, 5.74) is -0.00982. The van der Waals surface area contributed by atoms with Gasteiger partial charge in [0, 0.05) is 6.04 Å². The molecule has 0 unspecified atom stereocenters. The Morgan fingerprint density at radius 3 is 2.70 bits per heavy atom. The summed E-state index contributed by atoms with van der Waals surface area (Å²) in [6, 6.07) is 2.63. The highest BCUT2D eigenvalue weighted by molar-refractivity contribution is 6.30. The van der Waals surface area contributed by atoms with Gasteiger partial charge in [0.25, 0.3) is 0 Å². The minimum Gasteiger partial charge on any atom is -0.469 e. The minimum absolute atomic E-state index is 0.00982. The van der Waals surface area contributed by atoms with Crippen molar-refractivity contribution in [2.75, 3.05) is 12.4 Å². The number of nitrogens with one attached hydrogen (secondary N) is 1. The van der Waals surface area contributed by atoms with Crippen LogP contribution >= 0.6 is 11.6 Å². The van der Waals surface area contributed by atoms with E-state index in [-0.39, 0.29) is 46.3 Å². The summed E-state index contributed by atoms with van der Waals surface area (Å²) in [4.78, 5) is 16.1. The molecule has 1 N–H and O–H groups in total. The van der Waals surface area contributed by atoms with Crippen LogP contribution in [0.4, 0.5) is 10.2 Å². The predicted octanol–water partition coefficient (Wildman–Crippen LogP) is 3.14. The van der Waals surface area contributed by atoms with Crippen LogP contribution in [0.2, 0.25) is 5.15 Å². The van der Waals surface area contributed by atoms with Crippen molar-refractivity contribution < 1.29 is 13.9 Å². The number of aromatic nitrogens is 1. The quantitative estimate of drug-likeness (QED) is 0.677. The number of halogens is 2. The van der Waals surface area contributed by atoms with Gasteiger partial charge in [-0.05, 0) is 43.6 Å². The van der Waals surface area contributed by atoms with Crippen molar-refractivity contribution in [2.24, 2.45) is 17.8 Å². The molecular weight excluding hydrogens is 321 g/mol. The smallest absolute Gasteiger partial charge is 0.311 e. The van der Waals surface area contributed by atoms with Gasteiger partial charge < -0.3 is 10.1 Å². The molecular formula is C16H17ClFN3O2. The van der Waals surface area contributed by atoms with Gasteiger partial charge in [0.05, 0.1) is 18.6 Å². The summed E-state index contributed by atoms with van der Waals surface area (Å²) in [5.74, 6) is -0.696. The van der Waals surface area contributed by atoms with Crippen molar-refractivity contribution in [3.8, 4) is 6.07 Å². The van der Waals surface area contributed by atoms with E-state index in [1.54, 1.807) is 6.07 Å². The molecule has 1 aromatic heterocycles. The van der Waals surface area contributed by atoms with Crippen molar-refractivity contribution >= 4 is 23.4 Å². The van der Waals surface area contributed by atoms with Gasteiger partial charge in [-0.25, -0.2) is 9.37 Å². The number of hydrogen-bond acceptors (Lipinski definition) is 5. The zero-order valence-corrected chi connectivity index (χ0v) is 13.4. The van der Waals surface area contributed by atoms with Gasteiger partial charge in [0.2, 0.25) is 0 Å². The first-order valence-corrected chi connectivity index (χ1v) is 8.03. The molecule has 0 amide bonds. The first-order valence-electron chi connectivity index (χ1n) is 7.65. The zero-order valence-electron chi connectivity index (χ0n) is 12.7. The third-order valence-electron chi connectivity index (χ3n) is 5.05. The topological polar surface area (TPSA) is 75.0 Å². The fourth-order valence-electron chi connectivity index (χ4n) is 3.94. The number of carbonyl (C=O) groups is 1. The van der Waals surface area contributed by atoms with E-state index in [0.29, 0.717) is 0 Å². The SMILES string of the molecule is COC(=O)[C@@H]1C2CCC(CC2)[C@H]1Nc1nc(Cl)c(C#N)cc1F. The normalized spacial score (nSPS) is 29.0. The first-order chi connectivity index (χ1) is 11.0. The molecule has 4 rings (SSSR count). The molecule has 7 heteroatoms. The monoisotopic (exact) mass is 337 g/mol. The van der Waals surface area contributed by atoms with E-state index in [1.165, 1.54) is 7.11 Å². The number of ether oxygens (including phenoxy) is 1. The number of esters is 1. The molecule has 0 saturated heterocycles. The second kappa shape index (κ2) is 6.32. The molecule has 3 aliphatic carbocycles. The van der Waals surface area contributed by atoms with Gasteiger partial charge in [-0.1, -0.05) is 11.6 Å². The maximum absolute atomic E-state index is 14.2. The average molecular weight is 338 g/mol. The summed E-state index contributed by atoms with van der Waals surface area (Å²) in [7, 11) is 1.37. The molecule has 0 aliphatic heterocycles. The molecule has 5 nitrogen and oxygen atoms in total. The van der Waals surface area contributed by atoms with Crippen LogP contribution in [0.3, 0.4) is 0 Å². The van der Waals surface area contributed by atoms with Crippen molar-refractivity contribution in [2.45, 2.75) is 31.7 Å². The van der Waals surface area contributed by atoms with Crippen LogP contribution in [0.15, 0.2) is 6.07 Å². The number of pyridine rings is 1. The number of nitriles is 1. The summed E-state index contributed by atoms with van der Waals surface area (Å²) in [5, 5.41) is 11.9. The third-order valence-corrected chi connectivity index (χ3v) is 5.33. The molecule has 2 bridgehead atoms. The predicted molar refractivity (Wildman–Crippen MR) is 82.3 cm³/mol.